The van der Waals surface area contributed by atoms with Crippen LogP contribution in [0.15, 0.2) is 96.8 Å². The van der Waals surface area contributed by atoms with Crippen LogP contribution in [0.3, 0.4) is 0 Å². The average Bonchev–Trinajstić information content (AvgIpc) is 3.18. The van der Waals surface area contributed by atoms with Gasteiger partial charge in [-0.15, -0.1) is 0 Å². The van der Waals surface area contributed by atoms with E-state index in [4.69, 9.17) is 9.47 Å². The summed E-state index contributed by atoms with van der Waals surface area (Å²) in [4.78, 5) is 52.0. The van der Waals surface area contributed by atoms with Crippen molar-refractivity contribution in [2.45, 2.75) is 18.4 Å². The van der Waals surface area contributed by atoms with Gasteiger partial charge in [-0.3, -0.25) is 14.4 Å². The largest absolute Gasteiger partial charge is 0.467 e. The SMILES string of the molecule is COC(=O)[C@H](Cc1ccccc1)NC(=O)/C(=C1\OC(=O)C(c2ccccc2)C1=O)c1ccccc1. The molecule has 1 amide bonds. The van der Waals surface area contributed by atoms with Crippen molar-refractivity contribution in [1.82, 2.24) is 5.32 Å². The van der Waals surface area contributed by atoms with E-state index in [1.807, 2.05) is 30.3 Å². The van der Waals surface area contributed by atoms with E-state index in [9.17, 15) is 19.2 Å². The van der Waals surface area contributed by atoms with Crippen molar-refractivity contribution in [3.63, 3.8) is 0 Å². The van der Waals surface area contributed by atoms with Crippen molar-refractivity contribution in [3.8, 4) is 0 Å². The van der Waals surface area contributed by atoms with Crippen LogP contribution in [0, 0.1) is 0 Å². The third-order valence-corrected chi connectivity index (χ3v) is 5.65. The second-order valence-corrected chi connectivity index (χ2v) is 7.94. The number of ketones is 1. The number of allylic oxidation sites excluding steroid dienone is 1. The van der Waals surface area contributed by atoms with Crippen molar-refractivity contribution < 1.29 is 28.7 Å². The molecule has 1 N–H and O–H groups in total. The van der Waals surface area contributed by atoms with E-state index in [1.54, 1.807) is 60.7 Å². The van der Waals surface area contributed by atoms with Crippen LogP contribution in [0.2, 0.25) is 0 Å². The molecule has 2 atom stereocenters. The molecule has 0 saturated carbocycles. The van der Waals surface area contributed by atoms with Crippen LogP contribution >= 0.6 is 0 Å². The lowest BCUT2D eigenvalue weighted by molar-refractivity contribution is -0.144. The minimum Gasteiger partial charge on any atom is -0.467 e. The normalized spacial score (nSPS) is 17.3. The summed E-state index contributed by atoms with van der Waals surface area (Å²) in [5.41, 5.74) is 1.54. The summed E-state index contributed by atoms with van der Waals surface area (Å²) in [6.07, 6.45) is 0.178. The van der Waals surface area contributed by atoms with E-state index >= 15 is 0 Å². The van der Waals surface area contributed by atoms with E-state index in [0.717, 1.165) is 5.56 Å². The highest BCUT2D eigenvalue weighted by Gasteiger charge is 2.44. The van der Waals surface area contributed by atoms with E-state index in [1.165, 1.54) is 7.11 Å². The highest BCUT2D eigenvalue weighted by Crippen LogP contribution is 2.34. The Morgan fingerprint density at radius 2 is 1.46 bits per heavy atom. The second-order valence-electron chi connectivity index (χ2n) is 7.94. The van der Waals surface area contributed by atoms with E-state index in [2.05, 4.69) is 5.32 Å². The van der Waals surface area contributed by atoms with E-state index in [0.29, 0.717) is 11.1 Å². The molecule has 7 nitrogen and oxygen atoms in total. The molecule has 1 fully saturated rings. The van der Waals surface area contributed by atoms with E-state index in [-0.39, 0.29) is 17.8 Å². The maximum absolute atomic E-state index is 13.5. The zero-order chi connectivity index (χ0) is 24.8. The van der Waals surface area contributed by atoms with Crippen molar-refractivity contribution in [2.75, 3.05) is 7.11 Å². The summed E-state index contributed by atoms with van der Waals surface area (Å²) >= 11 is 0. The summed E-state index contributed by atoms with van der Waals surface area (Å²) in [6.45, 7) is 0. The van der Waals surface area contributed by atoms with Crippen LogP contribution in [0.5, 0.6) is 0 Å². The van der Waals surface area contributed by atoms with Gasteiger partial charge in [0, 0.05) is 6.42 Å². The molecule has 7 heteroatoms. The Hall–Kier alpha value is -4.52. The number of carbonyl (C=O) groups excluding carboxylic acids is 4. The third-order valence-electron chi connectivity index (χ3n) is 5.65. The lowest BCUT2D eigenvalue weighted by Gasteiger charge is -2.18. The predicted molar refractivity (Wildman–Crippen MR) is 128 cm³/mol. The number of methoxy groups -OCH3 is 1. The number of hydrogen-bond donors (Lipinski definition) is 1. The molecule has 0 bridgehead atoms. The Kier molecular flexibility index (Phi) is 7.16. The Labute approximate surface area is 202 Å². The van der Waals surface area contributed by atoms with Gasteiger partial charge in [-0.05, 0) is 16.7 Å². The molecule has 176 valence electrons. The van der Waals surface area contributed by atoms with Crippen molar-refractivity contribution in [1.29, 1.82) is 0 Å². The molecule has 3 aromatic rings. The number of esters is 2. The Bertz CT molecular complexity index is 1270. The van der Waals surface area contributed by atoms with Gasteiger partial charge in [0.25, 0.3) is 5.91 Å². The van der Waals surface area contributed by atoms with Crippen molar-refractivity contribution in [3.05, 3.63) is 113 Å². The Morgan fingerprint density at radius 3 is 2.06 bits per heavy atom. The maximum atomic E-state index is 13.5. The molecular formula is C28H23NO6. The number of cyclic esters (lactones) is 1. The monoisotopic (exact) mass is 469 g/mol. The van der Waals surface area contributed by atoms with Crippen molar-refractivity contribution >= 4 is 29.2 Å². The quantitative estimate of drug-likeness (QED) is 0.324. The number of carbonyl (C=O) groups is 4. The highest BCUT2D eigenvalue weighted by atomic mass is 16.6. The molecule has 1 aliphatic heterocycles. The van der Waals surface area contributed by atoms with Crippen LogP contribution in [0.4, 0.5) is 0 Å². The first-order valence-electron chi connectivity index (χ1n) is 11.0. The number of ether oxygens (including phenoxy) is 2. The Morgan fingerprint density at radius 1 is 0.886 bits per heavy atom. The molecule has 35 heavy (non-hydrogen) atoms. The molecule has 3 aromatic carbocycles. The van der Waals surface area contributed by atoms with Crippen LogP contribution in [0.1, 0.15) is 22.6 Å². The topological polar surface area (TPSA) is 98.8 Å². The first-order chi connectivity index (χ1) is 17.0. The fourth-order valence-corrected chi connectivity index (χ4v) is 3.94. The lowest BCUT2D eigenvalue weighted by atomic mass is 9.93. The van der Waals surface area contributed by atoms with Crippen molar-refractivity contribution in [2.24, 2.45) is 0 Å². The molecule has 1 aliphatic rings. The highest BCUT2D eigenvalue weighted by molar-refractivity contribution is 6.30. The number of Topliss-reactive ketones (excluding diaryl/α,β-unsaturated/α-hetero) is 1. The van der Waals surface area contributed by atoms with Gasteiger partial charge in [-0.2, -0.15) is 0 Å². The average molecular weight is 469 g/mol. The van der Waals surface area contributed by atoms with E-state index < -0.39 is 35.6 Å². The molecule has 1 saturated heterocycles. The lowest BCUT2D eigenvalue weighted by Crippen LogP contribution is -2.43. The predicted octanol–water partition coefficient (Wildman–Crippen LogP) is 3.21. The minimum absolute atomic E-state index is 0.121. The summed E-state index contributed by atoms with van der Waals surface area (Å²) in [7, 11) is 1.23. The molecule has 1 unspecified atom stereocenters. The third kappa shape index (κ3) is 5.19. The number of nitrogens with one attached hydrogen (secondary N) is 1. The molecule has 0 aromatic heterocycles. The first-order valence-corrected chi connectivity index (χ1v) is 11.0. The van der Waals surface area contributed by atoms with Gasteiger partial charge in [0.05, 0.1) is 12.7 Å². The van der Waals surface area contributed by atoms with Gasteiger partial charge in [0.15, 0.2) is 5.76 Å². The van der Waals surface area contributed by atoms with Crippen LogP contribution < -0.4 is 5.32 Å². The summed E-state index contributed by atoms with van der Waals surface area (Å²) in [5, 5.41) is 2.67. The number of benzene rings is 3. The number of hydrogen-bond acceptors (Lipinski definition) is 6. The van der Waals surface area contributed by atoms with Gasteiger partial charge in [0.1, 0.15) is 12.0 Å². The van der Waals surface area contributed by atoms with Gasteiger partial charge in [0.2, 0.25) is 5.78 Å². The van der Waals surface area contributed by atoms with Gasteiger partial charge >= 0.3 is 11.9 Å². The summed E-state index contributed by atoms with van der Waals surface area (Å²) in [6, 6.07) is 25.0. The summed E-state index contributed by atoms with van der Waals surface area (Å²) < 4.78 is 10.3. The number of amides is 1. The van der Waals surface area contributed by atoms with Crippen LogP contribution in [0.25, 0.3) is 5.57 Å². The zero-order valence-corrected chi connectivity index (χ0v) is 19.0. The molecule has 0 aliphatic carbocycles. The minimum atomic E-state index is -1.17. The standard InChI is InChI=1S/C28H23NO6/c1-34-27(32)21(17-18-11-5-2-6-12-18)29-26(31)23(20-15-9-4-10-16-20)25-24(30)22(28(33)35-25)19-13-7-3-8-14-19/h2-16,21-22H,17H2,1H3,(H,29,31)/b25-23-/t21-,22?/m0/s1. The molecule has 0 spiro atoms. The van der Waals surface area contributed by atoms with Crippen LogP contribution in [-0.4, -0.2) is 36.8 Å². The fourth-order valence-electron chi connectivity index (χ4n) is 3.94. The Balaban J connectivity index is 1.72. The second kappa shape index (κ2) is 10.6. The zero-order valence-electron chi connectivity index (χ0n) is 19.0. The fraction of sp³-hybridized carbons (Fsp3) is 0.143. The number of rotatable bonds is 7. The first kappa shape index (κ1) is 23.6. The van der Waals surface area contributed by atoms with Gasteiger partial charge < -0.3 is 14.8 Å². The molecule has 0 radical (unpaired) electrons. The molecule has 4 rings (SSSR count). The maximum Gasteiger partial charge on any atom is 0.328 e. The summed E-state index contributed by atoms with van der Waals surface area (Å²) in [5.74, 6) is -4.27. The molecule has 1 heterocycles. The van der Waals surface area contributed by atoms with Gasteiger partial charge in [-0.1, -0.05) is 91.0 Å². The molecular weight excluding hydrogens is 446 g/mol. The van der Waals surface area contributed by atoms with Gasteiger partial charge in [-0.25, -0.2) is 4.79 Å². The smallest absolute Gasteiger partial charge is 0.328 e. The van der Waals surface area contributed by atoms with Crippen LogP contribution in [-0.2, 0) is 35.1 Å².